The predicted octanol–water partition coefficient (Wildman–Crippen LogP) is 4.34. The Bertz CT molecular complexity index is 816. The Morgan fingerprint density at radius 2 is 1.89 bits per heavy atom. The van der Waals surface area contributed by atoms with Crippen molar-refractivity contribution < 1.29 is 9.53 Å². The van der Waals surface area contributed by atoms with E-state index in [1.54, 1.807) is 6.07 Å². The topological polar surface area (TPSA) is 60.2 Å². The Labute approximate surface area is 174 Å². The minimum Gasteiger partial charge on any atom is -0.484 e. The molecule has 0 bridgehead atoms. The minimum absolute atomic E-state index is 0.200. The lowest BCUT2D eigenvalue weighted by molar-refractivity contribution is -0.128. The van der Waals surface area contributed by atoms with E-state index in [1.165, 1.54) is 24.6 Å². The fourth-order valence-corrected chi connectivity index (χ4v) is 4.56. The minimum atomic E-state index is 0.200. The van der Waals surface area contributed by atoms with Gasteiger partial charge in [0, 0.05) is 19.1 Å². The van der Waals surface area contributed by atoms with Crippen molar-refractivity contribution in [1.82, 2.24) is 19.7 Å². The summed E-state index contributed by atoms with van der Waals surface area (Å²) in [7, 11) is 0. The molecule has 2 aliphatic rings. The molecular weight excluding hydrogens is 396 g/mol. The summed E-state index contributed by atoms with van der Waals surface area (Å²) in [5, 5.41) is 10.1. The van der Waals surface area contributed by atoms with Crippen LogP contribution < -0.4 is 4.74 Å². The molecule has 1 aromatic heterocycles. The normalized spacial score (nSPS) is 17.4. The maximum absolute atomic E-state index is 12.6. The summed E-state index contributed by atoms with van der Waals surface area (Å²) in [5.41, 5.74) is 0. The van der Waals surface area contributed by atoms with Crippen molar-refractivity contribution >= 4 is 29.3 Å². The number of ether oxygens (including phenoxy) is 1. The van der Waals surface area contributed by atoms with Gasteiger partial charge >= 0.3 is 0 Å². The third-order valence-electron chi connectivity index (χ3n) is 5.12. The molecule has 4 rings (SSSR count). The molecule has 150 valence electrons. The van der Waals surface area contributed by atoms with Crippen LogP contribution in [-0.4, -0.2) is 44.4 Å². The number of carbonyl (C=O) groups excluding carboxylic acids is 1. The number of thioether (sulfide) groups is 1. The molecule has 0 radical (unpaired) electrons. The highest BCUT2D eigenvalue weighted by molar-refractivity contribution is 7.99. The van der Waals surface area contributed by atoms with Crippen molar-refractivity contribution in [3.8, 4) is 5.75 Å². The fraction of sp³-hybridized carbons (Fsp3) is 0.550. The highest BCUT2D eigenvalue weighted by atomic mass is 35.5. The van der Waals surface area contributed by atoms with Gasteiger partial charge in [-0.2, -0.15) is 0 Å². The third-order valence-corrected chi connectivity index (χ3v) is 6.36. The van der Waals surface area contributed by atoms with Crippen LogP contribution in [0, 0.1) is 0 Å². The van der Waals surface area contributed by atoms with Crippen LogP contribution in [-0.2, 0) is 11.4 Å². The number of likely N-dealkylation sites (tertiary alicyclic amines) is 1. The molecule has 0 N–H and O–H groups in total. The van der Waals surface area contributed by atoms with Crippen molar-refractivity contribution in [1.29, 1.82) is 0 Å². The molecule has 1 aliphatic heterocycles. The Morgan fingerprint density at radius 1 is 1.14 bits per heavy atom. The monoisotopic (exact) mass is 420 g/mol. The number of benzene rings is 1. The van der Waals surface area contributed by atoms with Gasteiger partial charge in [-0.1, -0.05) is 48.3 Å². The molecule has 1 amide bonds. The molecule has 2 fully saturated rings. The van der Waals surface area contributed by atoms with E-state index in [1.807, 2.05) is 23.1 Å². The zero-order valence-electron chi connectivity index (χ0n) is 15.8. The molecule has 1 saturated heterocycles. The van der Waals surface area contributed by atoms with Gasteiger partial charge in [0.15, 0.2) is 11.0 Å². The van der Waals surface area contributed by atoms with Crippen LogP contribution in [0.4, 0.5) is 0 Å². The summed E-state index contributed by atoms with van der Waals surface area (Å²) in [4.78, 5) is 14.6. The first kappa shape index (κ1) is 19.6. The lowest BCUT2D eigenvalue weighted by Crippen LogP contribution is -2.33. The van der Waals surface area contributed by atoms with E-state index in [2.05, 4.69) is 14.8 Å². The first-order valence-electron chi connectivity index (χ1n) is 9.94. The third kappa shape index (κ3) is 4.81. The SMILES string of the molecule is O=C(CSc1nnc(COc2ccccc2Cl)n1C1CC1)N1CCCCCC1. The van der Waals surface area contributed by atoms with Crippen LogP contribution in [0.2, 0.25) is 5.02 Å². The second kappa shape index (κ2) is 9.18. The molecule has 8 heteroatoms. The van der Waals surface area contributed by atoms with Gasteiger partial charge in [0.25, 0.3) is 0 Å². The number of hydrogen-bond donors (Lipinski definition) is 0. The molecule has 6 nitrogen and oxygen atoms in total. The maximum atomic E-state index is 12.6. The molecule has 0 unspecified atom stereocenters. The molecule has 0 atom stereocenters. The number of halogens is 1. The van der Waals surface area contributed by atoms with E-state index in [0.29, 0.717) is 29.2 Å². The van der Waals surface area contributed by atoms with E-state index in [4.69, 9.17) is 16.3 Å². The smallest absolute Gasteiger partial charge is 0.233 e. The highest BCUT2D eigenvalue weighted by Gasteiger charge is 2.30. The van der Waals surface area contributed by atoms with Crippen LogP contribution in [0.25, 0.3) is 0 Å². The second-order valence-electron chi connectivity index (χ2n) is 7.30. The molecular formula is C20H25ClN4O2S. The van der Waals surface area contributed by atoms with E-state index in [-0.39, 0.29) is 5.91 Å². The predicted molar refractivity (Wildman–Crippen MR) is 110 cm³/mol. The first-order valence-corrected chi connectivity index (χ1v) is 11.3. The summed E-state index contributed by atoms with van der Waals surface area (Å²) in [6.07, 6.45) is 6.90. The molecule has 28 heavy (non-hydrogen) atoms. The summed E-state index contributed by atoms with van der Waals surface area (Å²) in [6, 6.07) is 7.82. The Hall–Kier alpha value is -1.73. The lowest BCUT2D eigenvalue weighted by atomic mass is 10.2. The van der Waals surface area contributed by atoms with E-state index in [9.17, 15) is 4.79 Å². The van der Waals surface area contributed by atoms with Crippen molar-refractivity contribution in [3.63, 3.8) is 0 Å². The number of aromatic nitrogens is 3. The maximum Gasteiger partial charge on any atom is 0.233 e. The Kier molecular flexibility index (Phi) is 6.42. The van der Waals surface area contributed by atoms with Crippen molar-refractivity contribution in [2.75, 3.05) is 18.8 Å². The zero-order chi connectivity index (χ0) is 19.3. The molecule has 2 aromatic rings. The average molecular weight is 421 g/mol. The summed E-state index contributed by atoms with van der Waals surface area (Å²) < 4.78 is 7.99. The molecule has 0 spiro atoms. The van der Waals surface area contributed by atoms with Gasteiger partial charge in [0.05, 0.1) is 10.8 Å². The molecule has 1 aromatic carbocycles. The van der Waals surface area contributed by atoms with Crippen molar-refractivity contribution in [3.05, 3.63) is 35.1 Å². The number of nitrogens with zero attached hydrogens (tertiary/aromatic N) is 4. The van der Waals surface area contributed by atoms with Crippen LogP contribution in [0.15, 0.2) is 29.4 Å². The van der Waals surface area contributed by atoms with Gasteiger partial charge in [0.1, 0.15) is 12.4 Å². The van der Waals surface area contributed by atoms with Crippen LogP contribution in [0.1, 0.15) is 50.4 Å². The number of para-hydroxylation sites is 1. The Balaban J connectivity index is 1.39. The van der Waals surface area contributed by atoms with Gasteiger partial charge in [0.2, 0.25) is 5.91 Å². The van der Waals surface area contributed by atoms with Crippen LogP contribution in [0.5, 0.6) is 5.75 Å². The quantitative estimate of drug-likeness (QED) is 0.623. The van der Waals surface area contributed by atoms with Crippen molar-refractivity contribution in [2.24, 2.45) is 0 Å². The van der Waals surface area contributed by atoms with E-state index in [0.717, 1.165) is 49.8 Å². The van der Waals surface area contributed by atoms with Gasteiger partial charge < -0.3 is 9.64 Å². The second-order valence-corrected chi connectivity index (χ2v) is 8.65. The Morgan fingerprint density at radius 3 is 2.61 bits per heavy atom. The zero-order valence-corrected chi connectivity index (χ0v) is 17.4. The lowest BCUT2D eigenvalue weighted by Gasteiger charge is -2.19. The van der Waals surface area contributed by atoms with E-state index >= 15 is 0 Å². The fourth-order valence-electron chi connectivity index (χ4n) is 3.45. The van der Waals surface area contributed by atoms with Gasteiger partial charge in [-0.05, 0) is 37.8 Å². The standard InChI is InChI=1S/C20H25ClN4O2S/c21-16-7-3-4-8-17(16)27-13-18-22-23-20(25(18)15-9-10-15)28-14-19(26)24-11-5-1-2-6-12-24/h3-4,7-8,15H,1-2,5-6,9-14H2. The summed E-state index contributed by atoms with van der Waals surface area (Å²) >= 11 is 7.65. The van der Waals surface area contributed by atoms with Crippen LogP contribution in [0.3, 0.4) is 0 Å². The number of rotatable bonds is 7. The van der Waals surface area contributed by atoms with Gasteiger partial charge in [-0.15, -0.1) is 10.2 Å². The molecule has 1 saturated carbocycles. The van der Waals surface area contributed by atoms with Crippen molar-refractivity contribution in [2.45, 2.75) is 56.3 Å². The van der Waals surface area contributed by atoms with Gasteiger partial charge in [-0.25, -0.2) is 0 Å². The molecule has 2 heterocycles. The largest absolute Gasteiger partial charge is 0.484 e. The average Bonchev–Trinajstić information content (AvgIpc) is 3.51. The number of amides is 1. The number of hydrogen-bond acceptors (Lipinski definition) is 5. The summed E-state index contributed by atoms with van der Waals surface area (Å²) in [5.74, 6) is 2.04. The van der Waals surface area contributed by atoms with Crippen LogP contribution >= 0.6 is 23.4 Å². The number of carbonyl (C=O) groups is 1. The first-order chi connectivity index (χ1) is 13.7. The molecule has 1 aliphatic carbocycles. The summed E-state index contributed by atoms with van der Waals surface area (Å²) in [6.45, 7) is 2.07. The van der Waals surface area contributed by atoms with Gasteiger partial charge in [-0.3, -0.25) is 9.36 Å². The van der Waals surface area contributed by atoms with E-state index < -0.39 is 0 Å². The highest BCUT2D eigenvalue weighted by Crippen LogP contribution is 2.39.